The van der Waals surface area contributed by atoms with Gasteiger partial charge in [-0.05, 0) is 24.7 Å². The number of hydrogen-bond donors (Lipinski definition) is 0. The Balaban J connectivity index is 2.10. The number of piperazine rings is 1. The predicted molar refractivity (Wildman–Crippen MR) is 77.6 cm³/mol. The first-order valence-corrected chi connectivity index (χ1v) is 7.19. The van der Waals surface area contributed by atoms with Gasteiger partial charge in [-0.25, -0.2) is 0 Å². The maximum Gasteiger partial charge on any atom is 0.387 e. The van der Waals surface area contributed by atoms with Crippen LogP contribution in [0.2, 0.25) is 0 Å². The van der Waals surface area contributed by atoms with E-state index in [4.69, 9.17) is 4.74 Å². The summed E-state index contributed by atoms with van der Waals surface area (Å²) in [6.07, 6.45) is 0. The fraction of sp³-hybridized carbons (Fsp3) is 0.533. The lowest BCUT2D eigenvalue weighted by Crippen LogP contribution is -2.48. The van der Waals surface area contributed by atoms with E-state index in [-0.39, 0.29) is 17.4 Å². The van der Waals surface area contributed by atoms with Gasteiger partial charge in [0.25, 0.3) is 5.91 Å². The van der Waals surface area contributed by atoms with Crippen LogP contribution in [0, 0.1) is 0 Å². The molecule has 0 atom stereocenters. The lowest BCUT2D eigenvalue weighted by molar-refractivity contribution is -0.0512. The van der Waals surface area contributed by atoms with Crippen LogP contribution in [0.1, 0.15) is 17.3 Å². The van der Waals surface area contributed by atoms with Crippen molar-refractivity contribution >= 4 is 5.91 Å². The number of halogens is 2. The zero-order valence-corrected chi connectivity index (χ0v) is 12.7. The Kier molecular flexibility index (Phi) is 5.54. The van der Waals surface area contributed by atoms with E-state index >= 15 is 0 Å². The standard InChI is InChI=1S/C15H20F2N2O3/c1-3-18-6-8-19(9-7-18)14(20)11-4-5-12(22-15(16)17)13(10-11)21-2/h4-5,10,15H,3,6-9H2,1-2H3. The van der Waals surface area contributed by atoms with Crippen LogP contribution >= 0.6 is 0 Å². The summed E-state index contributed by atoms with van der Waals surface area (Å²) in [6, 6.07) is 4.25. The van der Waals surface area contributed by atoms with E-state index in [9.17, 15) is 13.6 Å². The monoisotopic (exact) mass is 314 g/mol. The number of nitrogens with zero attached hydrogens (tertiary/aromatic N) is 2. The molecule has 1 amide bonds. The topological polar surface area (TPSA) is 42.0 Å². The molecule has 5 nitrogen and oxygen atoms in total. The van der Waals surface area contributed by atoms with Crippen molar-refractivity contribution in [3.63, 3.8) is 0 Å². The zero-order valence-electron chi connectivity index (χ0n) is 12.7. The van der Waals surface area contributed by atoms with Gasteiger partial charge in [0.05, 0.1) is 7.11 Å². The van der Waals surface area contributed by atoms with Gasteiger partial charge in [0.15, 0.2) is 11.5 Å². The van der Waals surface area contributed by atoms with E-state index in [0.717, 1.165) is 19.6 Å². The Hall–Kier alpha value is -1.89. The third-order valence-electron chi connectivity index (χ3n) is 3.73. The third-order valence-corrected chi connectivity index (χ3v) is 3.73. The Morgan fingerprint density at radius 1 is 1.23 bits per heavy atom. The Bertz CT molecular complexity index is 518. The minimum absolute atomic E-state index is 0.0788. The second-order valence-electron chi connectivity index (χ2n) is 4.97. The first-order chi connectivity index (χ1) is 10.5. The molecule has 7 heteroatoms. The van der Waals surface area contributed by atoms with E-state index in [0.29, 0.717) is 18.7 Å². The highest BCUT2D eigenvalue weighted by molar-refractivity contribution is 5.95. The van der Waals surface area contributed by atoms with Gasteiger partial charge in [0, 0.05) is 31.7 Å². The fourth-order valence-electron chi connectivity index (χ4n) is 2.44. The van der Waals surface area contributed by atoms with Crippen molar-refractivity contribution in [3.8, 4) is 11.5 Å². The largest absolute Gasteiger partial charge is 0.493 e. The fourth-order valence-corrected chi connectivity index (χ4v) is 2.44. The molecule has 22 heavy (non-hydrogen) atoms. The van der Waals surface area contributed by atoms with Crippen LogP contribution in [0.25, 0.3) is 0 Å². The lowest BCUT2D eigenvalue weighted by atomic mass is 10.1. The summed E-state index contributed by atoms with van der Waals surface area (Å²) in [5.41, 5.74) is 0.406. The van der Waals surface area contributed by atoms with Crippen molar-refractivity contribution in [1.82, 2.24) is 9.80 Å². The summed E-state index contributed by atoms with van der Waals surface area (Å²) in [5.74, 6) is -0.0825. The van der Waals surface area contributed by atoms with Crippen LogP contribution in [0.5, 0.6) is 11.5 Å². The maximum atomic E-state index is 12.5. The molecule has 1 fully saturated rings. The van der Waals surface area contributed by atoms with Crippen molar-refractivity contribution in [3.05, 3.63) is 23.8 Å². The summed E-state index contributed by atoms with van der Waals surface area (Å²) in [6.45, 7) is 3.11. The molecule has 1 heterocycles. The van der Waals surface area contributed by atoms with Crippen molar-refractivity contribution in [1.29, 1.82) is 0 Å². The molecule has 1 aromatic carbocycles. The number of hydrogen-bond acceptors (Lipinski definition) is 4. The van der Waals surface area contributed by atoms with Crippen LogP contribution in [0.15, 0.2) is 18.2 Å². The van der Waals surface area contributed by atoms with Crippen LogP contribution in [0.4, 0.5) is 8.78 Å². The zero-order chi connectivity index (χ0) is 16.1. The molecule has 1 aliphatic heterocycles. The van der Waals surface area contributed by atoms with Crippen molar-refractivity contribution in [2.24, 2.45) is 0 Å². The number of carbonyl (C=O) groups excluding carboxylic acids is 1. The van der Waals surface area contributed by atoms with Gasteiger partial charge in [-0.1, -0.05) is 6.92 Å². The van der Waals surface area contributed by atoms with Crippen molar-refractivity contribution in [2.75, 3.05) is 39.8 Å². The van der Waals surface area contributed by atoms with Gasteiger partial charge in [-0.2, -0.15) is 8.78 Å². The van der Waals surface area contributed by atoms with Gasteiger partial charge < -0.3 is 19.3 Å². The number of likely N-dealkylation sites (N-methyl/N-ethyl adjacent to an activating group) is 1. The van der Waals surface area contributed by atoms with Gasteiger partial charge in [0.2, 0.25) is 0 Å². The average Bonchev–Trinajstić information content (AvgIpc) is 2.54. The highest BCUT2D eigenvalue weighted by atomic mass is 19.3. The highest BCUT2D eigenvalue weighted by Crippen LogP contribution is 2.30. The summed E-state index contributed by atoms with van der Waals surface area (Å²) >= 11 is 0. The number of methoxy groups -OCH3 is 1. The molecule has 0 bridgehead atoms. The van der Waals surface area contributed by atoms with E-state index in [2.05, 4.69) is 16.6 Å². The minimum Gasteiger partial charge on any atom is -0.493 e. The first kappa shape index (κ1) is 16.5. The average molecular weight is 314 g/mol. The number of benzene rings is 1. The third kappa shape index (κ3) is 3.85. The van der Waals surface area contributed by atoms with Gasteiger partial charge in [-0.15, -0.1) is 0 Å². The van der Waals surface area contributed by atoms with Crippen LogP contribution in [0.3, 0.4) is 0 Å². The second-order valence-corrected chi connectivity index (χ2v) is 4.97. The van der Waals surface area contributed by atoms with Crippen molar-refractivity contribution < 1.29 is 23.0 Å². The Labute approximate surface area is 128 Å². The molecular weight excluding hydrogens is 294 g/mol. The van der Waals surface area contributed by atoms with Crippen molar-refractivity contribution in [2.45, 2.75) is 13.5 Å². The molecule has 0 radical (unpaired) electrons. The molecule has 0 aliphatic carbocycles. The molecule has 2 rings (SSSR count). The van der Waals surface area contributed by atoms with Crippen LogP contribution in [-0.2, 0) is 0 Å². The number of rotatable bonds is 5. The summed E-state index contributed by atoms with van der Waals surface area (Å²) in [7, 11) is 1.35. The second kappa shape index (κ2) is 7.40. The summed E-state index contributed by atoms with van der Waals surface area (Å²) in [4.78, 5) is 16.5. The maximum absolute atomic E-state index is 12.5. The van der Waals surface area contributed by atoms with Gasteiger partial charge in [0.1, 0.15) is 0 Å². The quantitative estimate of drug-likeness (QED) is 0.834. The molecule has 1 aliphatic rings. The predicted octanol–water partition coefficient (Wildman–Crippen LogP) is 2.07. The SMILES string of the molecule is CCN1CCN(C(=O)c2ccc(OC(F)F)c(OC)c2)CC1. The molecule has 0 saturated carbocycles. The van der Waals surface area contributed by atoms with E-state index in [1.807, 2.05) is 0 Å². The normalized spacial score (nSPS) is 16.0. The molecule has 0 unspecified atom stereocenters. The van der Waals surface area contributed by atoms with Gasteiger partial charge >= 0.3 is 6.61 Å². The van der Waals surface area contributed by atoms with Crippen LogP contribution in [-0.4, -0.2) is 62.2 Å². The highest BCUT2D eigenvalue weighted by Gasteiger charge is 2.22. The number of amides is 1. The Morgan fingerprint density at radius 2 is 1.91 bits per heavy atom. The molecule has 1 saturated heterocycles. The number of alkyl halides is 2. The summed E-state index contributed by atoms with van der Waals surface area (Å²) in [5, 5.41) is 0. The lowest BCUT2D eigenvalue weighted by Gasteiger charge is -2.34. The van der Waals surface area contributed by atoms with E-state index in [1.165, 1.54) is 25.3 Å². The number of ether oxygens (including phenoxy) is 2. The van der Waals surface area contributed by atoms with Gasteiger partial charge in [-0.3, -0.25) is 4.79 Å². The molecular formula is C15H20F2N2O3. The number of carbonyl (C=O) groups is 1. The molecule has 1 aromatic rings. The van der Waals surface area contributed by atoms with E-state index in [1.54, 1.807) is 4.90 Å². The molecule has 0 aromatic heterocycles. The molecule has 0 spiro atoms. The molecule has 122 valence electrons. The minimum atomic E-state index is -2.93. The first-order valence-electron chi connectivity index (χ1n) is 7.19. The van der Waals surface area contributed by atoms with Crippen LogP contribution < -0.4 is 9.47 Å². The van der Waals surface area contributed by atoms with E-state index < -0.39 is 6.61 Å². The summed E-state index contributed by atoms with van der Waals surface area (Å²) < 4.78 is 34.0. The Morgan fingerprint density at radius 3 is 2.45 bits per heavy atom. The molecule has 0 N–H and O–H groups in total. The smallest absolute Gasteiger partial charge is 0.387 e.